The third-order valence-electron chi connectivity index (χ3n) is 2.56. The predicted octanol–water partition coefficient (Wildman–Crippen LogP) is 2.07. The van der Waals surface area contributed by atoms with Gasteiger partial charge in [-0.25, -0.2) is 0 Å². The summed E-state index contributed by atoms with van der Waals surface area (Å²) in [6.45, 7) is 1.80. The van der Waals surface area contributed by atoms with Crippen LogP contribution in [0.2, 0.25) is 0 Å². The lowest BCUT2D eigenvalue weighted by Crippen LogP contribution is -2.32. The van der Waals surface area contributed by atoms with Gasteiger partial charge in [-0.1, -0.05) is 13.0 Å². The normalized spacial score (nSPS) is 11.1. The molecule has 0 aromatic heterocycles. The highest BCUT2D eigenvalue weighted by atomic mass is 16.2. The average molecular weight is 227 g/mol. The van der Waals surface area contributed by atoms with E-state index in [4.69, 9.17) is 10.5 Å². The average Bonchev–Trinajstić information content (AvgIpc) is 2.39. The van der Waals surface area contributed by atoms with Crippen molar-refractivity contribution in [1.82, 2.24) is 0 Å². The molecule has 4 heteroatoms. The predicted molar refractivity (Wildman–Crippen MR) is 64.0 cm³/mol. The summed E-state index contributed by atoms with van der Waals surface area (Å²) in [5.74, 6) is -0.879. The lowest BCUT2D eigenvalue weighted by atomic mass is 10.1. The van der Waals surface area contributed by atoms with E-state index in [1.165, 1.54) is 4.90 Å². The van der Waals surface area contributed by atoms with Crippen molar-refractivity contribution in [3.05, 3.63) is 29.8 Å². The smallest absolute Gasteiger partial charge is 0.244 e. The Bertz CT molecular complexity index is 496. The van der Waals surface area contributed by atoms with Crippen molar-refractivity contribution in [3.63, 3.8) is 0 Å². The van der Waals surface area contributed by atoms with Crippen molar-refractivity contribution in [3.8, 4) is 12.1 Å². The van der Waals surface area contributed by atoms with Gasteiger partial charge in [-0.05, 0) is 24.6 Å². The van der Waals surface area contributed by atoms with E-state index in [0.29, 0.717) is 17.7 Å². The number of nitriles is 2. The highest BCUT2D eigenvalue weighted by Crippen LogP contribution is 2.17. The van der Waals surface area contributed by atoms with Crippen LogP contribution in [0.25, 0.3) is 0 Å². The van der Waals surface area contributed by atoms with E-state index in [1.807, 2.05) is 12.1 Å². The molecule has 0 saturated heterocycles. The zero-order valence-electron chi connectivity index (χ0n) is 9.84. The van der Waals surface area contributed by atoms with Gasteiger partial charge < -0.3 is 4.90 Å². The Balaban J connectivity index is 2.97. The maximum absolute atomic E-state index is 11.9. The highest BCUT2D eigenvalue weighted by molar-refractivity contribution is 5.96. The quantitative estimate of drug-likeness (QED) is 0.793. The number of rotatable bonds is 3. The summed E-state index contributed by atoms with van der Waals surface area (Å²) in [6, 6.07) is 10.7. The molecule has 1 unspecified atom stereocenters. The molecule has 0 bridgehead atoms. The molecule has 1 aromatic carbocycles. The first kappa shape index (κ1) is 12.7. The van der Waals surface area contributed by atoms with Gasteiger partial charge in [0, 0.05) is 12.7 Å². The number of carbonyl (C=O) groups excluding carboxylic acids is 1. The molecule has 4 nitrogen and oxygen atoms in total. The number of benzene rings is 1. The monoisotopic (exact) mass is 227 g/mol. The van der Waals surface area contributed by atoms with Gasteiger partial charge in [0.2, 0.25) is 5.91 Å². The third kappa shape index (κ3) is 2.83. The Labute approximate surface area is 101 Å². The fourth-order valence-corrected chi connectivity index (χ4v) is 1.47. The summed E-state index contributed by atoms with van der Waals surface area (Å²) in [5, 5.41) is 17.6. The Hall–Kier alpha value is -2.33. The van der Waals surface area contributed by atoms with Crippen molar-refractivity contribution in [2.75, 3.05) is 11.9 Å². The lowest BCUT2D eigenvalue weighted by Gasteiger charge is -2.19. The van der Waals surface area contributed by atoms with E-state index >= 15 is 0 Å². The number of hydrogen-bond donors (Lipinski definition) is 0. The maximum Gasteiger partial charge on any atom is 0.244 e. The van der Waals surface area contributed by atoms with Crippen LogP contribution in [0.4, 0.5) is 5.69 Å². The molecule has 0 fully saturated rings. The fraction of sp³-hybridized carbons (Fsp3) is 0.308. The summed E-state index contributed by atoms with van der Waals surface area (Å²) >= 11 is 0. The minimum absolute atomic E-state index is 0.245. The van der Waals surface area contributed by atoms with Crippen LogP contribution in [0, 0.1) is 28.6 Å². The van der Waals surface area contributed by atoms with Crippen LogP contribution in [0.5, 0.6) is 0 Å². The number of hydrogen-bond acceptors (Lipinski definition) is 3. The first-order chi connectivity index (χ1) is 8.13. The second-order valence-electron chi connectivity index (χ2n) is 3.65. The molecule has 0 N–H and O–H groups in total. The molecular formula is C13H13N3O. The number of carbonyl (C=O) groups is 1. The van der Waals surface area contributed by atoms with Crippen molar-refractivity contribution in [2.45, 2.75) is 13.3 Å². The highest BCUT2D eigenvalue weighted by Gasteiger charge is 2.20. The molecule has 17 heavy (non-hydrogen) atoms. The summed E-state index contributed by atoms with van der Waals surface area (Å²) in [5.41, 5.74) is 1.12. The standard InChI is InChI=1S/C13H13N3O/c1-3-11(9-15)13(17)16(2)12-6-4-5-10(7-12)8-14/h4-7,11H,3H2,1-2H3. The topological polar surface area (TPSA) is 67.9 Å². The zero-order chi connectivity index (χ0) is 12.8. The van der Waals surface area contributed by atoms with Crippen LogP contribution in [-0.4, -0.2) is 13.0 Å². The molecular weight excluding hydrogens is 214 g/mol. The van der Waals surface area contributed by atoms with Gasteiger partial charge in [-0.3, -0.25) is 4.79 Å². The van der Waals surface area contributed by atoms with Gasteiger partial charge in [-0.15, -0.1) is 0 Å². The van der Waals surface area contributed by atoms with Gasteiger partial charge in [0.1, 0.15) is 5.92 Å². The van der Waals surface area contributed by atoms with E-state index in [1.54, 1.807) is 38.2 Å². The first-order valence-corrected chi connectivity index (χ1v) is 5.31. The van der Waals surface area contributed by atoms with Crippen LogP contribution in [-0.2, 0) is 4.79 Å². The molecule has 0 aliphatic rings. The molecule has 0 heterocycles. The maximum atomic E-state index is 11.9. The second kappa shape index (κ2) is 5.67. The largest absolute Gasteiger partial charge is 0.314 e. The van der Waals surface area contributed by atoms with E-state index in [-0.39, 0.29) is 5.91 Å². The van der Waals surface area contributed by atoms with Crippen molar-refractivity contribution >= 4 is 11.6 Å². The van der Waals surface area contributed by atoms with E-state index in [2.05, 4.69) is 0 Å². The van der Waals surface area contributed by atoms with Crippen LogP contribution in [0.3, 0.4) is 0 Å². The second-order valence-corrected chi connectivity index (χ2v) is 3.65. The van der Waals surface area contributed by atoms with Gasteiger partial charge in [0.15, 0.2) is 0 Å². The molecule has 0 aliphatic carbocycles. The molecule has 1 amide bonds. The molecule has 0 aliphatic heterocycles. The zero-order valence-corrected chi connectivity index (χ0v) is 9.84. The van der Waals surface area contributed by atoms with Crippen LogP contribution < -0.4 is 4.90 Å². The number of nitrogens with zero attached hydrogens (tertiary/aromatic N) is 3. The molecule has 1 rings (SSSR count). The Kier molecular flexibility index (Phi) is 4.25. The summed E-state index contributed by atoms with van der Waals surface area (Å²) < 4.78 is 0. The molecule has 1 aromatic rings. The first-order valence-electron chi connectivity index (χ1n) is 5.31. The number of amides is 1. The Morgan fingerprint density at radius 3 is 2.71 bits per heavy atom. The van der Waals surface area contributed by atoms with Crippen molar-refractivity contribution in [1.29, 1.82) is 10.5 Å². The molecule has 0 saturated carbocycles. The third-order valence-corrected chi connectivity index (χ3v) is 2.56. The van der Waals surface area contributed by atoms with Gasteiger partial charge in [0.05, 0.1) is 17.7 Å². The van der Waals surface area contributed by atoms with Crippen LogP contribution >= 0.6 is 0 Å². The SMILES string of the molecule is CCC(C#N)C(=O)N(C)c1cccc(C#N)c1. The van der Waals surface area contributed by atoms with Gasteiger partial charge >= 0.3 is 0 Å². The summed E-state index contributed by atoms with van der Waals surface area (Å²) in [6.07, 6.45) is 0.484. The van der Waals surface area contributed by atoms with E-state index in [0.717, 1.165) is 0 Å². The van der Waals surface area contributed by atoms with E-state index in [9.17, 15) is 4.79 Å². The van der Waals surface area contributed by atoms with Crippen molar-refractivity contribution in [2.24, 2.45) is 5.92 Å². The molecule has 1 atom stereocenters. The Morgan fingerprint density at radius 2 is 2.18 bits per heavy atom. The minimum atomic E-state index is -0.634. The van der Waals surface area contributed by atoms with Crippen LogP contribution in [0.1, 0.15) is 18.9 Å². The molecule has 86 valence electrons. The molecule has 0 spiro atoms. The van der Waals surface area contributed by atoms with Gasteiger partial charge in [-0.2, -0.15) is 10.5 Å². The van der Waals surface area contributed by atoms with Crippen LogP contribution in [0.15, 0.2) is 24.3 Å². The van der Waals surface area contributed by atoms with Crippen molar-refractivity contribution < 1.29 is 4.79 Å². The Morgan fingerprint density at radius 1 is 1.47 bits per heavy atom. The summed E-state index contributed by atoms with van der Waals surface area (Å²) in [4.78, 5) is 13.3. The number of anilines is 1. The summed E-state index contributed by atoms with van der Waals surface area (Å²) in [7, 11) is 1.61. The fourth-order valence-electron chi connectivity index (χ4n) is 1.47. The molecule has 0 radical (unpaired) electrons. The lowest BCUT2D eigenvalue weighted by molar-refractivity contribution is -0.120. The minimum Gasteiger partial charge on any atom is -0.314 e. The van der Waals surface area contributed by atoms with Gasteiger partial charge in [0.25, 0.3) is 0 Å². The van der Waals surface area contributed by atoms with E-state index < -0.39 is 5.92 Å².